The van der Waals surface area contributed by atoms with Crippen LogP contribution in [0.15, 0.2) is 66.7 Å². The van der Waals surface area contributed by atoms with E-state index in [0.29, 0.717) is 24.5 Å². The number of hydrogen-bond donors (Lipinski definition) is 5. The standard InChI is InChI=1S/C38H45NO6/c1-39-24-26-10-7-17-38(23-26,29-14-16-33(41)36(44)20-29)32-12-6-11-27(18-25-8-4-3-5-9-25)31(21-30(40)22-35(32)43)28-13-15-34(42)37(19-28)45-2/h3-5,8-9,13-16,19-20,26-27,31-32,35,39,41-44H,7,10,12,17-18,21-24H2,1-2H3. The Bertz CT molecular complexity index is 1530. The van der Waals surface area contributed by atoms with Crippen molar-refractivity contribution in [3.63, 3.8) is 0 Å². The van der Waals surface area contributed by atoms with Crippen molar-refractivity contribution in [3.8, 4) is 34.8 Å². The van der Waals surface area contributed by atoms with Gasteiger partial charge in [-0.1, -0.05) is 54.8 Å². The van der Waals surface area contributed by atoms with Crippen LogP contribution in [-0.2, 0) is 16.6 Å². The fourth-order valence-electron chi connectivity index (χ4n) is 7.82. The lowest BCUT2D eigenvalue weighted by Crippen LogP contribution is -2.47. The Labute approximate surface area is 266 Å². The average molecular weight is 612 g/mol. The van der Waals surface area contributed by atoms with Crippen LogP contribution in [0.4, 0.5) is 0 Å². The number of carbonyl (C=O) groups is 1. The Morgan fingerprint density at radius 3 is 2.49 bits per heavy atom. The monoisotopic (exact) mass is 611 g/mol. The van der Waals surface area contributed by atoms with Crippen molar-refractivity contribution in [2.75, 3.05) is 20.7 Å². The molecule has 5 N–H and O–H groups in total. The molecule has 0 amide bonds. The minimum Gasteiger partial charge on any atom is -0.504 e. The Kier molecular flexibility index (Phi) is 10.4. The highest BCUT2D eigenvalue weighted by atomic mass is 16.5. The fraction of sp³-hybridized carbons (Fsp3) is 0.447. The van der Waals surface area contributed by atoms with E-state index in [9.17, 15) is 25.2 Å². The average Bonchev–Trinajstić information content (AvgIpc) is 3.03. The number of rotatable bonds is 8. The highest BCUT2D eigenvalue weighted by Crippen LogP contribution is 2.51. The summed E-state index contributed by atoms with van der Waals surface area (Å²) < 4.78 is 5.40. The van der Waals surface area contributed by atoms with Gasteiger partial charge >= 0.3 is 0 Å². The molecule has 0 aliphatic heterocycles. The van der Waals surface area contributed by atoms with E-state index in [2.05, 4.69) is 29.3 Å². The van der Waals surface area contributed by atoms with E-state index < -0.39 is 11.5 Å². The number of phenolic OH excluding ortho intramolecular Hbond substituents is 3. The summed E-state index contributed by atoms with van der Waals surface area (Å²) in [5.74, 6) is 6.56. The van der Waals surface area contributed by atoms with E-state index in [-0.39, 0.29) is 53.6 Å². The van der Waals surface area contributed by atoms with Crippen molar-refractivity contribution in [3.05, 3.63) is 83.4 Å². The normalized spacial score (nSPS) is 27.3. The summed E-state index contributed by atoms with van der Waals surface area (Å²) in [6.07, 6.45) is 3.85. The third kappa shape index (κ3) is 7.30. The predicted octanol–water partition coefficient (Wildman–Crippen LogP) is 5.84. The zero-order valence-electron chi connectivity index (χ0n) is 26.2. The molecule has 3 aromatic rings. The predicted molar refractivity (Wildman–Crippen MR) is 175 cm³/mol. The molecule has 6 atom stereocenters. The van der Waals surface area contributed by atoms with Crippen LogP contribution in [0.5, 0.6) is 23.0 Å². The molecule has 0 heterocycles. The molecule has 2 aliphatic rings. The second-order valence-electron chi connectivity index (χ2n) is 12.9. The van der Waals surface area contributed by atoms with E-state index >= 15 is 0 Å². The first-order valence-corrected chi connectivity index (χ1v) is 16.0. The number of phenols is 3. The van der Waals surface area contributed by atoms with Crippen LogP contribution in [0.1, 0.15) is 67.6 Å². The van der Waals surface area contributed by atoms with Gasteiger partial charge in [-0.2, -0.15) is 0 Å². The van der Waals surface area contributed by atoms with Crippen LogP contribution in [0.3, 0.4) is 0 Å². The number of aromatic hydroxyl groups is 3. The van der Waals surface area contributed by atoms with Crippen LogP contribution < -0.4 is 10.1 Å². The van der Waals surface area contributed by atoms with Gasteiger partial charge in [0.2, 0.25) is 0 Å². The molecule has 7 nitrogen and oxygen atoms in total. The molecule has 0 saturated heterocycles. The molecular formula is C38H45NO6. The number of ketones is 1. The van der Waals surface area contributed by atoms with Crippen LogP contribution in [-0.4, -0.2) is 53.0 Å². The van der Waals surface area contributed by atoms with Gasteiger partial charge in [0.15, 0.2) is 23.0 Å². The summed E-state index contributed by atoms with van der Waals surface area (Å²) >= 11 is 0. The van der Waals surface area contributed by atoms with Crippen molar-refractivity contribution < 1.29 is 30.0 Å². The number of ether oxygens (including phenoxy) is 1. The second kappa shape index (κ2) is 14.4. The molecular weight excluding hydrogens is 566 g/mol. The fourth-order valence-corrected chi connectivity index (χ4v) is 7.82. The van der Waals surface area contributed by atoms with E-state index in [1.165, 1.54) is 13.2 Å². The number of nitrogens with one attached hydrogen (secondary N) is 1. The molecule has 0 aromatic heterocycles. The highest BCUT2D eigenvalue weighted by molar-refractivity contribution is 5.80. The third-order valence-corrected chi connectivity index (χ3v) is 10.0. The van der Waals surface area contributed by atoms with Crippen molar-refractivity contribution in [2.24, 2.45) is 17.8 Å². The van der Waals surface area contributed by atoms with E-state index in [1.54, 1.807) is 18.2 Å². The lowest BCUT2D eigenvalue weighted by molar-refractivity contribution is -0.123. The maximum absolute atomic E-state index is 13.9. The van der Waals surface area contributed by atoms with Crippen molar-refractivity contribution in [2.45, 2.75) is 68.8 Å². The summed E-state index contributed by atoms with van der Waals surface area (Å²) in [5.41, 5.74) is 2.31. The van der Waals surface area contributed by atoms with Gasteiger partial charge in [0, 0.05) is 42.4 Å². The molecule has 7 heteroatoms. The van der Waals surface area contributed by atoms with Gasteiger partial charge in [-0.05, 0) is 86.1 Å². The number of carbonyl (C=O) groups excluding carboxylic acids is 1. The van der Waals surface area contributed by atoms with E-state index in [0.717, 1.165) is 48.9 Å². The van der Waals surface area contributed by atoms with Gasteiger partial charge in [0.25, 0.3) is 0 Å². The topological polar surface area (TPSA) is 119 Å². The molecule has 2 aliphatic carbocycles. The maximum Gasteiger partial charge on any atom is 0.160 e. The number of benzene rings is 3. The zero-order chi connectivity index (χ0) is 32.0. The lowest BCUT2D eigenvalue weighted by Gasteiger charge is -2.48. The van der Waals surface area contributed by atoms with Gasteiger partial charge in [0.1, 0.15) is 5.78 Å². The first kappa shape index (κ1) is 32.4. The van der Waals surface area contributed by atoms with Crippen LogP contribution in [0.2, 0.25) is 0 Å². The summed E-state index contributed by atoms with van der Waals surface area (Å²) in [7, 11) is 3.45. The summed E-state index contributed by atoms with van der Waals surface area (Å²) in [6, 6.07) is 20.3. The van der Waals surface area contributed by atoms with Crippen LogP contribution in [0, 0.1) is 29.6 Å². The molecule has 0 bridgehead atoms. The molecule has 1 saturated carbocycles. The second-order valence-corrected chi connectivity index (χ2v) is 12.9. The van der Waals surface area contributed by atoms with Gasteiger partial charge < -0.3 is 30.5 Å². The van der Waals surface area contributed by atoms with Gasteiger partial charge in [-0.3, -0.25) is 4.79 Å². The Hall–Kier alpha value is -3.99. The Morgan fingerprint density at radius 2 is 1.76 bits per heavy atom. The minimum absolute atomic E-state index is 0.00136. The molecule has 5 rings (SSSR count). The SMILES string of the molecule is CNCC1CCCC(c2ccc(O)c(O)c2)(C2CC#CC(Cc3ccccc3)C(c3ccc(O)c(OC)c3)CC(=O)CC2O)C1. The molecule has 1 fully saturated rings. The van der Waals surface area contributed by atoms with Gasteiger partial charge in [-0.25, -0.2) is 0 Å². The first-order valence-electron chi connectivity index (χ1n) is 16.0. The van der Waals surface area contributed by atoms with E-state index in [1.807, 2.05) is 37.4 Å². The number of aliphatic hydroxyl groups excluding tert-OH is 1. The molecule has 45 heavy (non-hydrogen) atoms. The smallest absolute Gasteiger partial charge is 0.160 e. The van der Waals surface area contributed by atoms with Crippen molar-refractivity contribution in [1.29, 1.82) is 0 Å². The highest BCUT2D eigenvalue weighted by Gasteiger charge is 2.47. The molecule has 3 aromatic carbocycles. The molecule has 0 radical (unpaired) electrons. The largest absolute Gasteiger partial charge is 0.504 e. The van der Waals surface area contributed by atoms with Crippen molar-refractivity contribution in [1.82, 2.24) is 5.32 Å². The van der Waals surface area contributed by atoms with Crippen molar-refractivity contribution >= 4 is 5.78 Å². The van der Waals surface area contributed by atoms with Crippen LogP contribution >= 0.6 is 0 Å². The maximum atomic E-state index is 13.9. The summed E-state index contributed by atoms with van der Waals surface area (Å²) in [6.45, 7) is 0.830. The van der Waals surface area contributed by atoms with Crippen LogP contribution in [0.25, 0.3) is 0 Å². The quantitative estimate of drug-likeness (QED) is 0.161. The third-order valence-electron chi connectivity index (χ3n) is 10.0. The summed E-state index contributed by atoms with van der Waals surface area (Å²) in [5, 5.41) is 46.1. The number of aliphatic hydroxyl groups is 1. The van der Waals surface area contributed by atoms with E-state index in [4.69, 9.17) is 4.74 Å². The molecule has 0 spiro atoms. The zero-order valence-corrected chi connectivity index (χ0v) is 26.2. The minimum atomic E-state index is -0.934. The first-order chi connectivity index (χ1) is 21.7. The molecule has 238 valence electrons. The van der Waals surface area contributed by atoms with Gasteiger partial charge in [-0.15, -0.1) is 5.92 Å². The Morgan fingerprint density at radius 1 is 0.978 bits per heavy atom. The summed E-state index contributed by atoms with van der Waals surface area (Å²) in [4.78, 5) is 13.9. The molecule has 6 unspecified atom stereocenters. The van der Waals surface area contributed by atoms with Gasteiger partial charge in [0.05, 0.1) is 13.2 Å². The number of hydrogen-bond acceptors (Lipinski definition) is 7. The number of Topliss-reactive ketones (excluding diaryl/α,β-unsaturated/α-hetero) is 1. The lowest BCUT2D eigenvalue weighted by atomic mass is 9.57. The number of methoxy groups -OCH3 is 1. The Balaban J connectivity index is 1.59.